The van der Waals surface area contributed by atoms with Crippen molar-refractivity contribution in [1.29, 1.82) is 0 Å². The van der Waals surface area contributed by atoms with E-state index < -0.39 is 28.9 Å². The summed E-state index contributed by atoms with van der Waals surface area (Å²) in [6.07, 6.45) is -1.18. The average Bonchev–Trinajstić information content (AvgIpc) is 3.09. The number of aromatic amines is 1. The lowest BCUT2D eigenvalue weighted by molar-refractivity contribution is -0.384. The summed E-state index contributed by atoms with van der Waals surface area (Å²) in [7, 11) is 1.43. The highest BCUT2D eigenvalue weighted by atomic mass is 16.6. The van der Waals surface area contributed by atoms with Gasteiger partial charge in [0.05, 0.1) is 29.9 Å². The molecular weight excluding hydrogens is 398 g/mol. The number of fused-ring (bicyclic) bond motifs is 1. The molecular formula is C17H19N7O6. The number of nitrogens with one attached hydrogen (secondary N) is 2. The van der Waals surface area contributed by atoms with Crippen LogP contribution in [0.5, 0.6) is 0 Å². The maximum atomic E-state index is 12.3. The number of hydrogen-bond donors (Lipinski definition) is 4. The van der Waals surface area contributed by atoms with Crippen molar-refractivity contribution in [2.75, 3.05) is 12.0 Å². The van der Waals surface area contributed by atoms with Crippen LogP contribution in [0.4, 0.5) is 11.6 Å². The van der Waals surface area contributed by atoms with Gasteiger partial charge in [0.15, 0.2) is 11.2 Å². The van der Waals surface area contributed by atoms with E-state index in [0.29, 0.717) is 11.3 Å². The molecule has 1 aromatic carbocycles. The number of aryl methyl sites for hydroxylation is 1. The molecule has 2 heterocycles. The molecule has 0 fully saturated rings. The van der Waals surface area contributed by atoms with E-state index in [1.54, 1.807) is 6.92 Å². The first-order valence-corrected chi connectivity index (χ1v) is 8.76. The molecule has 3 aromatic rings. The zero-order valence-corrected chi connectivity index (χ0v) is 16.1. The molecule has 158 valence electrons. The fourth-order valence-electron chi connectivity index (χ4n) is 2.79. The van der Waals surface area contributed by atoms with Crippen LogP contribution in [0.3, 0.4) is 0 Å². The predicted octanol–water partition coefficient (Wildman–Crippen LogP) is -0.479. The summed E-state index contributed by atoms with van der Waals surface area (Å²) in [5.41, 5.74) is 2.44. The second-order valence-electron chi connectivity index (χ2n) is 6.49. The topological polar surface area (TPSA) is 181 Å². The van der Waals surface area contributed by atoms with Gasteiger partial charge < -0.3 is 14.8 Å². The number of aliphatic hydroxyl groups is 2. The maximum absolute atomic E-state index is 12.3. The van der Waals surface area contributed by atoms with E-state index in [4.69, 9.17) is 0 Å². The fourth-order valence-corrected chi connectivity index (χ4v) is 2.79. The first kappa shape index (κ1) is 20.9. The van der Waals surface area contributed by atoms with Crippen molar-refractivity contribution in [1.82, 2.24) is 19.1 Å². The number of nitro benzene ring substituents is 1. The molecule has 1 atom stereocenters. The van der Waals surface area contributed by atoms with Crippen molar-refractivity contribution < 1.29 is 15.1 Å². The Balaban J connectivity index is 2.03. The largest absolute Gasteiger partial charge is 0.394 e. The molecule has 0 saturated carbocycles. The zero-order valence-electron chi connectivity index (χ0n) is 16.1. The third kappa shape index (κ3) is 3.97. The van der Waals surface area contributed by atoms with E-state index >= 15 is 0 Å². The van der Waals surface area contributed by atoms with Crippen LogP contribution >= 0.6 is 0 Å². The van der Waals surface area contributed by atoms with E-state index in [0.717, 1.165) is 4.57 Å². The number of imidazole rings is 1. The first-order valence-electron chi connectivity index (χ1n) is 8.76. The van der Waals surface area contributed by atoms with Gasteiger partial charge >= 0.3 is 5.69 Å². The third-order valence-electron chi connectivity index (χ3n) is 4.43. The van der Waals surface area contributed by atoms with Crippen molar-refractivity contribution in [3.05, 3.63) is 60.8 Å². The van der Waals surface area contributed by atoms with Gasteiger partial charge in [-0.15, -0.1) is 0 Å². The van der Waals surface area contributed by atoms with Crippen LogP contribution in [0.25, 0.3) is 11.2 Å². The Hall–Kier alpha value is -3.84. The second kappa shape index (κ2) is 8.26. The lowest BCUT2D eigenvalue weighted by atomic mass is 10.1. The third-order valence-corrected chi connectivity index (χ3v) is 4.43. The summed E-state index contributed by atoms with van der Waals surface area (Å²) in [4.78, 5) is 40.8. The molecule has 0 aliphatic heterocycles. The molecule has 2 aromatic heterocycles. The van der Waals surface area contributed by atoms with Crippen molar-refractivity contribution >= 4 is 28.5 Å². The van der Waals surface area contributed by atoms with E-state index in [9.17, 15) is 29.9 Å². The molecule has 0 unspecified atom stereocenters. The Morgan fingerprint density at radius 1 is 1.37 bits per heavy atom. The zero-order chi connectivity index (χ0) is 22.0. The SMILES string of the molecule is C/C(=N\Nc1nc2c(c(=O)[nH]c(=O)n2C)n1C[C@@H](O)CO)c1ccc([N+](=O)[O-])cc1. The summed E-state index contributed by atoms with van der Waals surface area (Å²) in [6, 6.07) is 5.75. The molecule has 3 rings (SSSR count). The number of aliphatic hydroxyl groups excluding tert-OH is 2. The first-order chi connectivity index (χ1) is 14.2. The van der Waals surface area contributed by atoms with Gasteiger partial charge in [-0.3, -0.25) is 24.5 Å². The molecule has 0 spiro atoms. The Kier molecular flexibility index (Phi) is 5.75. The standard InChI is InChI=1S/C17H19N7O6/c1-9(10-3-5-11(6-4-10)24(29)30)20-21-16-18-14-13(23(16)7-12(26)8-25)15(27)19-17(28)22(14)2/h3-6,12,25-26H,7-8H2,1-2H3,(H,18,21)(H,19,27,28)/b20-9+/t12-/m1/s1. The van der Waals surface area contributed by atoms with Gasteiger partial charge in [0, 0.05) is 19.2 Å². The van der Waals surface area contributed by atoms with Crippen molar-refractivity contribution in [3.63, 3.8) is 0 Å². The summed E-state index contributed by atoms with van der Waals surface area (Å²) < 4.78 is 2.44. The van der Waals surface area contributed by atoms with Gasteiger partial charge in [-0.25, -0.2) is 10.2 Å². The van der Waals surface area contributed by atoms with Crippen molar-refractivity contribution in [2.45, 2.75) is 19.6 Å². The van der Waals surface area contributed by atoms with Crippen LogP contribution in [0, 0.1) is 10.1 Å². The minimum absolute atomic E-state index is 0.0234. The number of non-ortho nitro benzene ring substituents is 1. The number of aromatic nitrogens is 4. The molecule has 13 nitrogen and oxygen atoms in total. The van der Waals surface area contributed by atoms with Crippen LogP contribution in [0.15, 0.2) is 39.0 Å². The van der Waals surface area contributed by atoms with E-state index in [1.165, 1.54) is 35.9 Å². The summed E-state index contributed by atoms with van der Waals surface area (Å²) in [5.74, 6) is 0.0606. The molecule has 30 heavy (non-hydrogen) atoms. The quantitative estimate of drug-likeness (QED) is 0.226. The Morgan fingerprint density at radius 3 is 2.63 bits per heavy atom. The molecule has 0 radical (unpaired) electrons. The molecule has 13 heteroatoms. The van der Waals surface area contributed by atoms with Crippen LogP contribution in [0.1, 0.15) is 12.5 Å². The summed E-state index contributed by atoms with van der Waals surface area (Å²) in [6.45, 7) is 0.933. The number of benzene rings is 1. The highest BCUT2D eigenvalue weighted by Gasteiger charge is 2.19. The molecule has 0 aliphatic rings. The number of nitro groups is 1. The van der Waals surface area contributed by atoms with Gasteiger partial charge in [-0.2, -0.15) is 10.1 Å². The predicted molar refractivity (Wildman–Crippen MR) is 108 cm³/mol. The Bertz CT molecular complexity index is 1240. The Morgan fingerprint density at radius 2 is 2.03 bits per heavy atom. The Labute approximate surface area is 168 Å². The van der Waals surface area contributed by atoms with Gasteiger partial charge in [-0.1, -0.05) is 0 Å². The number of anilines is 1. The normalized spacial score (nSPS) is 12.9. The van der Waals surface area contributed by atoms with Crippen LogP contribution < -0.4 is 16.7 Å². The highest BCUT2D eigenvalue weighted by Crippen LogP contribution is 2.17. The monoisotopic (exact) mass is 417 g/mol. The lowest BCUT2D eigenvalue weighted by Crippen LogP contribution is -2.30. The van der Waals surface area contributed by atoms with Crippen LogP contribution in [-0.4, -0.2) is 52.7 Å². The average molecular weight is 417 g/mol. The van der Waals surface area contributed by atoms with Gasteiger partial charge in [0.1, 0.15) is 0 Å². The smallest absolute Gasteiger partial charge is 0.329 e. The van der Waals surface area contributed by atoms with E-state index in [-0.39, 0.29) is 29.3 Å². The number of rotatable bonds is 7. The highest BCUT2D eigenvalue weighted by molar-refractivity contribution is 5.99. The minimum Gasteiger partial charge on any atom is -0.394 e. The van der Waals surface area contributed by atoms with Crippen molar-refractivity contribution in [3.8, 4) is 0 Å². The molecule has 0 saturated heterocycles. The summed E-state index contributed by atoms with van der Waals surface area (Å²) in [5, 5.41) is 34.0. The van der Waals surface area contributed by atoms with Gasteiger partial charge in [0.2, 0.25) is 5.95 Å². The van der Waals surface area contributed by atoms with E-state index in [1.807, 2.05) is 0 Å². The summed E-state index contributed by atoms with van der Waals surface area (Å²) >= 11 is 0. The maximum Gasteiger partial charge on any atom is 0.329 e. The fraction of sp³-hybridized carbons (Fsp3) is 0.294. The number of hydrazone groups is 1. The van der Waals surface area contributed by atoms with Gasteiger partial charge in [0.25, 0.3) is 11.2 Å². The van der Waals surface area contributed by atoms with Crippen molar-refractivity contribution in [2.24, 2.45) is 12.1 Å². The van der Waals surface area contributed by atoms with E-state index in [2.05, 4.69) is 20.5 Å². The lowest BCUT2D eigenvalue weighted by Gasteiger charge is -2.12. The molecule has 0 amide bonds. The molecule has 0 aliphatic carbocycles. The molecule has 0 bridgehead atoms. The number of hydrogen-bond acceptors (Lipinski definition) is 9. The molecule has 4 N–H and O–H groups in total. The minimum atomic E-state index is -1.18. The number of H-pyrrole nitrogens is 1. The number of nitrogens with zero attached hydrogens (tertiary/aromatic N) is 5. The van der Waals surface area contributed by atoms with Crippen LogP contribution in [-0.2, 0) is 13.6 Å². The second-order valence-corrected chi connectivity index (χ2v) is 6.49. The van der Waals surface area contributed by atoms with Gasteiger partial charge in [-0.05, 0) is 24.6 Å². The van der Waals surface area contributed by atoms with Crippen LogP contribution in [0.2, 0.25) is 0 Å².